The molecule has 0 saturated heterocycles. The summed E-state index contributed by atoms with van der Waals surface area (Å²) in [6.45, 7) is 3.07. The lowest BCUT2D eigenvalue weighted by atomic mass is 10.1. The lowest BCUT2D eigenvalue weighted by Gasteiger charge is -2.11. The summed E-state index contributed by atoms with van der Waals surface area (Å²) >= 11 is 2.74. The molecule has 0 atom stereocenters. The van der Waals surface area contributed by atoms with Crippen LogP contribution in [0.2, 0.25) is 0 Å². The summed E-state index contributed by atoms with van der Waals surface area (Å²) in [4.78, 5) is 30.2. The number of nitrogens with zero attached hydrogens (tertiary/aromatic N) is 2. The van der Waals surface area contributed by atoms with Crippen LogP contribution in [-0.4, -0.2) is 27.8 Å². The van der Waals surface area contributed by atoms with Crippen molar-refractivity contribution in [3.8, 4) is 11.1 Å². The minimum atomic E-state index is -0.0475. The van der Waals surface area contributed by atoms with E-state index in [0.29, 0.717) is 28.5 Å². The van der Waals surface area contributed by atoms with E-state index < -0.39 is 0 Å². The third-order valence-corrected chi connectivity index (χ3v) is 7.12. The van der Waals surface area contributed by atoms with Crippen LogP contribution in [0.15, 0.2) is 76.0 Å². The van der Waals surface area contributed by atoms with Gasteiger partial charge in [-0.05, 0) is 30.9 Å². The van der Waals surface area contributed by atoms with Gasteiger partial charge in [0.1, 0.15) is 4.70 Å². The zero-order chi connectivity index (χ0) is 22.3. The topological polar surface area (TPSA) is 64.0 Å². The summed E-state index contributed by atoms with van der Waals surface area (Å²) < 4.78 is 2.31. The van der Waals surface area contributed by atoms with Crippen molar-refractivity contribution in [1.29, 1.82) is 0 Å². The summed E-state index contributed by atoms with van der Waals surface area (Å²) in [5, 5.41) is 5.54. The molecule has 2 aromatic carbocycles. The summed E-state index contributed by atoms with van der Waals surface area (Å²) in [5.74, 6) is 0.183. The predicted molar refractivity (Wildman–Crippen MR) is 133 cm³/mol. The molecule has 2 aromatic heterocycles. The molecule has 2 heterocycles. The minimum Gasteiger partial charge on any atom is -0.355 e. The number of rotatable bonds is 9. The second-order valence-corrected chi connectivity index (χ2v) is 9.19. The largest absolute Gasteiger partial charge is 0.355 e. The van der Waals surface area contributed by atoms with E-state index in [1.54, 1.807) is 4.57 Å². The van der Waals surface area contributed by atoms with Crippen LogP contribution in [0.3, 0.4) is 0 Å². The Morgan fingerprint density at radius 1 is 1.09 bits per heavy atom. The molecule has 1 amide bonds. The molecular weight excluding hydrogens is 438 g/mol. The number of carbonyl (C=O) groups excluding carboxylic acids is 1. The van der Waals surface area contributed by atoms with Gasteiger partial charge in [-0.15, -0.1) is 11.3 Å². The van der Waals surface area contributed by atoms with Crippen molar-refractivity contribution in [3.63, 3.8) is 0 Å². The van der Waals surface area contributed by atoms with E-state index in [4.69, 9.17) is 4.98 Å². The van der Waals surface area contributed by atoms with Gasteiger partial charge in [0.15, 0.2) is 5.16 Å². The van der Waals surface area contributed by atoms with Gasteiger partial charge in [-0.2, -0.15) is 0 Å². The molecule has 1 N–H and O–H groups in total. The molecule has 7 heteroatoms. The molecular formula is C25H25N3O2S2. The number of hydrogen-bond donors (Lipinski definition) is 1. The van der Waals surface area contributed by atoms with Crippen LogP contribution < -0.4 is 10.9 Å². The lowest BCUT2D eigenvalue weighted by Crippen LogP contribution is -2.27. The van der Waals surface area contributed by atoms with Crippen molar-refractivity contribution in [2.24, 2.45) is 0 Å². The second-order valence-electron chi connectivity index (χ2n) is 7.36. The predicted octanol–water partition coefficient (Wildman–Crippen LogP) is 4.99. The summed E-state index contributed by atoms with van der Waals surface area (Å²) in [7, 11) is 0. The average molecular weight is 464 g/mol. The van der Waals surface area contributed by atoms with Crippen molar-refractivity contribution < 1.29 is 4.79 Å². The minimum absolute atomic E-state index is 0.0459. The van der Waals surface area contributed by atoms with Gasteiger partial charge in [-0.1, -0.05) is 72.4 Å². The van der Waals surface area contributed by atoms with E-state index in [2.05, 4.69) is 17.4 Å². The highest BCUT2D eigenvalue weighted by Gasteiger charge is 2.17. The Morgan fingerprint density at radius 3 is 2.53 bits per heavy atom. The van der Waals surface area contributed by atoms with Crippen LogP contribution in [0.4, 0.5) is 0 Å². The van der Waals surface area contributed by atoms with Gasteiger partial charge >= 0.3 is 0 Å². The number of aromatic nitrogens is 2. The molecule has 4 aromatic rings. The molecule has 4 rings (SSSR count). The van der Waals surface area contributed by atoms with Gasteiger partial charge in [0, 0.05) is 24.0 Å². The summed E-state index contributed by atoms with van der Waals surface area (Å²) in [6.07, 6.45) is 1.82. The number of benzene rings is 2. The second kappa shape index (κ2) is 10.6. The van der Waals surface area contributed by atoms with E-state index in [9.17, 15) is 9.59 Å². The highest BCUT2D eigenvalue weighted by Crippen LogP contribution is 2.32. The summed E-state index contributed by atoms with van der Waals surface area (Å²) in [6, 6.07) is 20.2. The van der Waals surface area contributed by atoms with E-state index in [-0.39, 0.29) is 17.2 Å². The van der Waals surface area contributed by atoms with Gasteiger partial charge in [0.2, 0.25) is 5.91 Å². The highest BCUT2D eigenvalue weighted by atomic mass is 32.2. The first-order valence-electron chi connectivity index (χ1n) is 10.7. The maximum atomic E-state index is 13.0. The van der Waals surface area contributed by atoms with Crippen LogP contribution >= 0.6 is 23.1 Å². The van der Waals surface area contributed by atoms with Crippen LogP contribution in [0.5, 0.6) is 0 Å². The fourth-order valence-corrected chi connectivity index (χ4v) is 5.39. The van der Waals surface area contributed by atoms with Crippen LogP contribution in [0, 0.1) is 0 Å². The molecule has 5 nitrogen and oxygen atoms in total. The van der Waals surface area contributed by atoms with Crippen LogP contribution in [0.25, 0.3) is 21.3 Å². The Balaban J connectivity index is 1.44. The number of nitrogens with one attached hydrogen (secondary N) is 1. The standard InChI is InChI=1S/C25H25N3O2S2/c1-2-28-24(30)23-22(20(16-31-23)19-13-7-4-8-14-19)27-25(28)32-17-21(29)26-15-9-12-18-10-5-3-6-11-18/h3-8,10-11,13-14,16H,2,9,12,15,17H2,1H3,(H,26,29). The quantitative estimate of drug-likeness (QED) is 0.216. The first-order valence-corrected chi connectivity index (χ1v) is 12.5. The first kappa shape index (κ1) is 22.3. The van der Waals surface area contributed by atoms with Crippen molar-refractivity contribution in [2.75, 3.05) is 12.3 Å². The van der Waals surface area contributed by atoms with E-state index in [1.807, 2.05) is 60.8 Å². The van der Waals surface area contributed by atoms with Crippen LogP contribution in [0.1, 0.15) is 18.9 Å². The zero-order valence-corrected chi connectivity index (χ0v) is 19.5. The van der Waals surface area contributed by atoms with Gasteiger partial charge < -0.3 is 5.32 Å². The molecule has 0 aliphatic heterocycles. The molecule has 0 unspecified atom stereocenters. The average Bonchev–Trinajstić information content (AvgIpc) is 3.26. The lowest BCUT2D eigenvalue weighted by molar-refractivity contribution is -0.118. The van der Waals surface area contributed by atoms with Crippen molar-refractivity contribution in [2.45, 2.75) is 31.5 Å². The molecule has 0 aliphatic rings. The normalized spacial score (nSPS) is 11.0. The van der Waals surface area contributed by atoms with Gasteiger partial charge in [-0.3, -0.25) is 14.2 Å². The number of amides is 1. The summed E-state index contributed by atoms with van der Waals surface area (Å²) in [5.41, 5.74) is 3.92. The molecule has 0 spiro atoms. The van der Waals surface area contributed by atoms with Gasteiger partial charge in [0.25, 0.3) is 5.56 Å². The molecule has 0 saturated carbocycles. The highest BCUT2D eigenvalue weighted by molar-refractivity contribution is 7.99. The van der Waals surface area contributed by atoms with Crippen molar-refractivity contribution in [1.82, 2.24) is 14.9 Å². The Bertz CT molecular complexity index is 1250. The third-order valence-electron chi connectivity index (χ3n) is 5.18. The SMILES string of the molecule is CCn1c(SCC(=O)NCCCc2ccccc2)nc2c(-c3ccccc3)csc2c1=O. The van der Waals surface area contributed by atoms with Gasteiger partial charge in [-0.25, -0.2) is 4.98 Å². The number of aryl methyl sites for hydroxylation is 1. The molecule has 0 fully saturated rings. The molecule has 164 valence electrons. The van der Waals surface area contributed by atoms with Crippen molar-refractivity contribution in [3.05, 3.63) is 82.0 Å². The van der Waals surface area contributed by atoms with E-state index in [1.165, 1.54) is 28.7 Å². The smallest absolute Gasteiger partial charge is 0.272 e. The number of thiophene rings is 1. The molecule has 0 aliphatic carbocycles. The number of thioether (sulfide) groups is 1. The van der Waals surface area contributed by atoms with E-state index in [0.717, 1.165) is 24.0 Å². The van der Waals surface area contributed by atoms with Crippen molar-refractivity contribution >= 4 is 39.2 Å². The maximum absolute atomic E-state index is 13.0. The van der Waals surface area contributed by atoms with Gasteiger partial charge in [0.05, 0.1) is 11.3 Å². The van der Waals surface area contributed by atoms with Crippen LogP contribution in [-0.2, 0) is 17.8 Å². The Kier molecular flexibility index (Phi) is 7.39. The molecule has 0 radical (unpaired) electrons. The zero-order valence-electron chi connectivity index (χ0n) is 17.9. The fourth-order valence-electron chi connectivity index (χ4n) is 3.54. The first-order chi connectivity index (χ1) is 15.7. The fraction of sp³-hybridized carbons (Fsp3) is 0.240. The Labute approximate surface area is 195 Å². The monoisotopic (exact) mass is 463 g/mol. The third kappa shape index (κ3) is 5.11. The maximum Gasteiger partial charge on any atom is 0.272 e. The Morgan fingerprint density at radius 2 is 1.81 bits per heavy atom. The Hall–Kier alpha value is -2.90. The molecule has 0 bridgehead atoms. The number of carbonyl (C=O) groups is 1. The molecule has 32 heavy (non-hydrogen) atoms. The number of fused-ring (bicyclic) bond motifs is 1. The van der Waals surface area contributed by atoms with E-state index >= 15 is 0 Å². The number of hydrogen-bond acceptors (Lipinski definition) is 5.